The Bertz CT molecular complexity index is 1180. The number of amides is 1. The zero-order valence-electron chi connectivity index (χ0n) is 18.2. The fourth-order valence-electron chi connectivity index (χ4n) is 4.01. The molecular formula is C23H24Cl3N5O2. The lowest BCUT2D eigenvalue weighted by atomic mass is 9.97. The molecule has 0 saturated carbocycles. The molecule has 1 aliphatic rings. The quantitative estimate of drug-likeness (QED) is 0.413. The molecule has 33 heavy (non-hydrogen) atoms. The summed E-state index contributed by atoms with van der Waals surface area (Å²) in [7, 11) is 0. The lowest BCUT2D eigenvalue weighted by Crippen LogP contribution is -2.44. The Hall–Kier alpha value is -2.13. The molecule has 0 bridgehead atoms. The molecule has 10 heteroatoms. The van der Waals surface area contributed by atoms with Gasteiger partial charge >= 0.3 is 0 Å². The first kappa shape index (κ1) is 24.0. The number of unbranched alkanes of at least 4 members (excludes halogenated alkanes) is 1. The lowest BCUT2D eigenvalue weighted by molar-refractivity contribution is -0.137. The summed E-state index contributed by atoms with van der Waals surface area (Å²) in [6, 6.07) is 12.7. The number of hydrogen-bond acceptors (Lipinski definition) is 5. The molecule has 2 unspecified atom stereocenters. The summed E-state index contributed by atoms with van der Waals surface area (Å²) in [5.74, 6) is -0.614. The smallest absolute Gasteiger partial charge is 0.263 e. The highest BCUT2D eigenvalue weighted by Gasteiger charge is 2.46. The maximum atomic E-state index is 11.8. The Morgan fingerprint density at radius 2 is 1.88 bits per heavy atom. The number of aromatic nitrogens is 2. The molecule has 174 valence electrons. The number of carbonyl (C=O) groups is 1. The van der Waals surface area contributed by atoms with Gasteiger partial charge in [0.05, 0.1) is 16.4 Å². The second-order valence-electron chi connectivity index (χ2n) is 7.94. The predicted octanol–water partition coefficient (Wildman–Crippen LogP) is 5.09. The highest BCUT2D eigenvalue weighted by molar-refractivity contribution is 6.35. The van der Waals surface area contributed by atoms with Crippen molar-refractivity contribution in [2.24, 2.45) is 5.73 Å². The third kappa shape index (κ3) is 4.62. The number of carbonyl (C=O) groups excluding carboxylic acids is 1. The van der Waals surface area contributed by atoms with Gasteiger partial charge in [0, 0.05) is 21.2 Å². The standard InChI is InChI=1S/C23H24Cl3N5O2/c1-3-4-11-23(30-28-22(33-23)21(27)32)20-13(2)19(14-5-7-15(24)8-6-14)31(29-20)18-10-9-16(25)12-17(18)26/h5-10,12,22,28,30H,3-4,11H2,1-2H3,(H2,27,32). The van der Waals surface area contributed by atoms with Gasteiger partial charge in [0.1, 0.15) is 5.69 Å². The average Bonchev–Trinajstić information content (AvgIpc) is 3.36. The Kier molecular flexibility index (Phi) is 7.00. The van der Waals surface area contributed by atoms with Crippen LogP contribution in [0.2, 0.25) is 15.1 Å². The fraction of sp³-hybridized carbons (Fsp3) is 0.304. The normalized spacial score (nSPS) is 20.3. The van der Waals surface area contributed by atoms with E-state index in [-0.39, 0.29) is 0 Å². The molecule has 2 atom stereocenters. The van der Waals surface area contributed by atoms with E-state index in [9.17, 15) is 4.79 Å². The summed E-state index contributed by atoms with van der Waals surface area (Å²) in [4.78, 5) is 11.8. The second kappa shape index (κ2) is 9.62. The number of nitrogens with zero attached hydrogens (tertiary/aromatic N) is 2. The molecule has 0 aliphatic carbocycles. The number of nitrogens with one attached hydrogen (secondary N) is 2. The number of ether oxygens (including phenoxy) is 1. The first-order chi connectivity index (χ1) is 15.8. The van der Waals surface area contributed by atoms with E-state index in [2.05, 4.69) is 17.8 Å². The number of nitrogens with two attached hydrogens (primary N) is 1. The summed E-state index contributed by atoms with van der Waals surface area (Å²) in [6.45, 7) is 4.04. The van der Waals surface area contributed by atoms with Crippen molar-refractivity contribution in [3.05, 3.63) is 68.8 Å². The summed E-state index contributed by atoms with van der Waals surface area (Å²) < 4.78 is 7.91. The molecule has 1 fully saturated rings. The Labute approximate surface area is 207 Å². The maximum absolute atomic E-state index is 11.8. The molecule has 0 spiro atoms. The van der Waals surface area contributed by atoms with Crippen LogP contribution in [0.15, 0.2) is 42.5 Å². The average molecular weight is 509 g/mol. The number of primary amides is 1. The lowest BCUT2D eigenvalue weighted by Gasteiger charge is -2.27. The molecule has 1 aromatic heterocycles. The van der Waals surface area contributed by atoms with Crippen LogP contribution in [0, 0.1) is 6.92 Å². The highest BCUT2D eigenvalue weighted by atomic mass is 35.5. The van der Waals surface area contributed by atoms with Gasteiger partial charge in [0.2, 0.25) is 6.23 Å². The van der Waals surface area contributed by atoms with Gasteiger partial charge in [0.15, 0.2) is 5.72 Å². The molecule has 2 aromatic carbocycles. The van der Waals surface area contributed by atoms with Gasteiger partial charge in [-0.3, -0.25) is 4.79 Å². The van der Waals surface area contributed by atoms with Crippen LogP contribution in [-0.2, 0) is 15.3 Å². The molecule has 4 rings (SSSR count). The first-order valence-electron chi connectivity index (χ1n) is 10.6. The van der Waals surface area contributed by atoms with E-state index in [0.717, 1.165) is 29.7 Å². The molecule has 1 saturated heterocycles. The highest BCUT2D eigenvalue weighted by Crippen LogP contribution is 2.40. The van der Waals surface area contributed by atoms with E-state index < -0.39 is 17.9 Å². The van der Waals surface area contributed by atoms with Crippen molar-refractivity contribution in [1.29, 1.82) is 0 Å². The van der Waals surface area contributed by atoms with Crippen LogP contribution in [0.25, 0.3) is 16.9 Å². The minimum atomic E-state index is -1.05. The summed E-state index contributed by atoms with van der Waals surface area (Å²) in [5.41, 5.74) is 14.3. The summed E-state index contributed by atoms with van der Waals surface area (Å²) in [6.07, 6.45) is 1.36. The summed E-state index contributed by atoms with van der Waals surface area (Å²) in [5, 5.41) is 6.54. The van der Waals surface area contributed by atoms with Crippen molar-refractivity contribution in [3.63, 3.8) is 0 Å². The van der Waals surface area contributed by atoms with Crippen LogP contribution < -0.4 is 16.6 Å². The number of rotatable bonds is 7. The number of hydrazine groups is 1. The first-order valence-corrected chi connectivity index (χ1v) is 11.7. The molecule has 4 N–H and O–H groups in total. The van der Waals surface area contributed by atoms with Crippen molar-refractivity contribution in [2.45, 2.75) is 45.1 Å². The van der Waals surface area contributed by atoms with Crippen LogP contribution in [0.4, 0.5) is 0 Å². The van der Waals surface area contributed by atoms with Crippen molar-refractivity contribution in [2.75, 3.05) is 0 Å². The van der Waals surface area contributed by atoms with Gasteiger partial charge in [0.25, 0.3) is 5.91 Å². The van der Waals surface area contributed by atoms with Crippen molar-refractivity contribution in [1.82, 2.24) is 20.6 Å². The van der Waals surface area contributed by atoms with E-state index in [1.165, 1.54) is 0 Å². The van der Waals surface area contributed by atoms with Crippen molar-refractivity contribution >= 4 is 40.7 Å². The van der Waals surface area contributed by atoms with E-state index in [1.807, 2.05) is 37.3 Å². The third-order valence-electron chi connectivity index (χ3n) is 5.63. The van der Waals surface area contributed by atoms with Gasteiger partial charge in [-0.1, -0.05) is 60.3 Å². The van der Waals surface area contributed by atoms with E-state index in [4.69, 9.17) is 50.4 Å². The van der Waals surface area contributed by atoms with Gasteiger partial charge < -0.3 is 10.5 Å². The van der Waals surface area contributed by atoms with E-state index >= 15 is 0 Å². The van der Waals surface area contributed by atoms with Gasteiger partial charge in [-0.15, -0.1) is 0 Å². The molecule has 0 radical (unpaired) electrons. The van der Waals surface area contributed by atoms with Crippen LogP contribution in [0.1, 0.15) is 37.4 Å². The van der Waals surface area contributed by atoms with Crippen LogP contribution in [-0.4, -0.2) is 21.9 Å². The predicted molar refractivity (Wildman–Crippen MR) is 130 cm³/mol. The third-order valence-corrected chi connectivity index (χ3v) is 6.42. The number of halogens is 3. The second-order valence-corrected chi connectivity index (χ2v) is 9.22. The van der Waals surface area contributed by atoms with Crippen LogP contribution in [0.3, 0.4) is 0 Å². The Morgan fingerprint density at radius 3 is 2.48 bits per heavy atom. The largest absolute Gasteiger partial charge is 0.366 e. The Balaban J connectivity index is 1.94. The summed E-state index contributed by atoms with van der Waals surface area (Å²) >= 11 is 18.8. The molecule has 3 aromatic rings. The minimum Gasteiger partial charge on any atom is -0.366 e. The minimum absolute atomic E-state index is 0.447. The van der Waals surface area contributed by atoms with Gasteiger partial charge in [-0.25, -0.2) is 15.5 Å². The maximum Gasteiger partial charge on any atom is 0.263 e. The molecule has 7 nitrogen and oxygen atoms in total. The van der Waals surface area contributed by atoms with Crippen LogP contribution in [0.5, 0.6) is 0 Å². The monoisotopic (exact) mass is 507 g/mol. The molecule has 1 amide bonds. The van der Waals surface area contributed by atoms with E-state index in [1.54, 1.807) is 16.8 Å². The van der Waals surface area contributed by atoms with Gasteiger partial charge in [-0.05, 0) is 50.1 Å². The SMILES string of the molecule is CCCCC1(c2nn(-c3ccc(Cl)cc3Cl)c(-c3ccc(Cl)cc3)c2C)NNC(C(N)=O)O1. The van der Waals surface area contributed by atoms with Crippen molar-refractivity contribution in [3.8, 4) is 16.9 Å². The number of benzene rings is 2. The van der Waals surface area contributed by atoms with Crippen molar-refractivity contribution < 1.29 is 9.53 Å². The topological polar surface area (TPSA) is 94.2 Å². The zero-order chi connectivity index (χ0) is 23.8. The number of hydrogen-bond donors (Lipinski definition) is 3. The molecule has 2 heterocycles. The Morgan fingerprint density at radius 1 is 1.18 bits per heavy atom. The van der Waals surface area contributed by atoms with E-state index in [0.29, 0.717) is 32.9 Å². The van der Waals surface area contributed by atoms with Gasteiger partial charge in [-0.2, -0.15) is 5.10 Å². The zero-order valence-corrected chi connectivity index (χ0v) is 20.4. The molecule has 1 aliphatic heterocycles. The molecular weight excluding hydrogens is 485 g/mol. The van der Waals surface area contributed by atoms with Crippen LogP contribution >= 0.6 is 34.8 Å². The fourth-order valence-corrected chi connectivity index (χ4v) is 4.62.